The number of rotatable bonds is 4. The molecule has 5 nitrogen and oxygen atoms in total. The number of anilines is 1. The second kappa shape index (κ2) is 6.67. The van der Waals surface area contributed by atoms with Crippen molar-refractivity contribution in [2.45, 2.75) is 6.42 Å². The highest BCUT2D eigenvalue weighted by molar-refractivity contribution is 5.95. The van der Waals surface area contributed by atoms with Gasteiger partial charge in [0.25, 0.3) is 0 Å². The lowest BCUT2D eigenvalue weighted by atomic mass is 10.1. The van der Waals surface area contributed by atoms with Gasteiger partial charge in [-0.3, -0.25) is 10.3 Å². The number of nitrogens with zero attached hydrogens (tertiary/aromatic N) is 2. The van der Waals surface area contributed by atoms with Crippen molar-refractivity contribution in [2.24, 2.45) is 5.73 Å². The van der Waals surface area contributed by atoms with Gasteiger partial charge in [-0.25, -0.2) is 4.39 Å². The number of hydrogen-bond donors (Lipinski definition) is 3. The standard InChI is InChI=1S/C14H21FN4O/c15-12-10-11(14(16)17)2-3-13(12)19-5-1-4-18(6-7-19)8-9-20/h2-3,10,20H,1,4-9H2,(H3,16,17). The average molecular weight is 280 g/mol. The van der Waals surface area contributed by atoms with Gasteiger partial charge in [-0.05, 0) is 31.2 Å². The lowest BCUT2D eigenvalue weighted by molar-refractivity contribution is 0.204. The lowest BCUT2D eigenvalue weighted by Crippen LogP contribution is -2.32. The van der Waals surface area contributed by atoms with Gasteiger partial charge in [0.1, 0.15) is 11.7 Å². The summed E-state index contributed by atoms with van der Waals surface area (Å²) in [5.41, 5.74) is 6.32. The lowest BCUT2D eigenvalue weighted by Gasteiger charge is -2.24. The van der Waals surface area contributed by atoms with Crippen LogP contribution in [0.2, 0.25) is 0 Å². The summed E-state index contributed by atoms with van der Waals surface area (Å²) in [5, 5.41) is 16.3. The molecule has 20 heavy (non-hydrogen) atoms. The molecule has 1 aromatic rings. The Bertz CT molecular complexity index is 480. The van der Waals surface area contributed by atoms with Crippen LogP contribution in [-0.2, 0) is 0 Å². The minimum Gasteiger partial charge on any atom is -0.395 e. The zero-order valence-electron chi connectivity index (χ0n) is 11.5. The van der Waals surface area contributed by atoms with Crippen molar-refractivity contribution in [1.29, 1.82) is 5.41 Å². The fraction of sp³-hybridized carbons (Fsp3) is 0.500. The number of hydrogen-bond acceptors (Lipinski definition) is 4. The van der Waals surface area contributed by atoms with E-state index in [1.807, 2.05) is 4.90 Å². The first-order chi connectivity index (χ1) is 9.61. The summed E-state index contributed by atoms with van der Waals surface area (Å²) in [6.45, 7) is 4.08. The summed E-state index contributed by atoms with van der Waals surface area (Å²) in [6, 6.07) is 4.68. The predicted molar refractivity (Wildman–Crippen MR) is 77.8 cm³/mol. The number of aliphatic hydroxyl groups is 1. The van der Waals surface area contributed by atoms with Crippen molar-refractivity contribution in [3.05, 3.63) is 29.6 Å². The molecule has 0 saturated carbocycles. The summed E-state index contributed by atoms with van der Waals surface area (Å²) < 4.78 is 14.1. The molecule has 0 amide bonds. The highest BCUT2D eigenvalue weighted by atomic mass is 19.1. The van der Waals surface area contributed by atoms with Crippen LogP contribution in [-0.4, -0.2) is 55.2 Å². The van der Waals surface area contributed by atoms with E-state index in [0.717, 1.165) is 32.6 Å². The minimum atomic E-state index is -0.340. The van der Waals surface area contributed by atoms with E-state index in [4.69, 9.17) is 16.2 Å². The van der Waals surface area contributed by atoms with Crippen molar-refractivity contribution in [1.82, 2.24) is 4.90 Å². The zero-order valence-corrected chi connectivity index (χ0v) is 11.5. The van der Waals surface area contributed by atoms with Crippen molar-refractivity contribution < 1.29 is 9.50 Å². The largest absolute Gasteiger partial charge is 0.395 e. The van der Waals surface area contributed by atoms with Gasteiger partial charge in [0.05, 0.1) is 12.3 Å². The molecular weight excluding hydrogens is 259 g/mol. The topological polar surface area (TPSA) is 76.6 Å². The first-order valence-corrected chi connectivity index (χ1v) is 6.84. The van der Waals surface area contributed by atoms with Crippen LogP contribution in [0.15, 0.2) is 18.2 Å². The second-order valence-corrected chi connectivity index (χ2v) is 4.99. The minimum absolute atomic E-state index is 0.125. The molecule has 1 aromatic carbocycles. The number of nitrogen functional groups attached to an aromatic ring is 1. The quantitative estimate of drug-likeness (QED) is 0.558. The SMILES string of the molecule is N=C(N)c1ccc(N2CCCN(CCO)CC2)c(F)c1. The molecule has 1 aliphatic rings. The number of benzene rings is 1. The molecule has 1 saturated heterocycles. The Labute approximate surface area is 118 Å². The molecule has 0 spiro atoms. The third-order valence-electron chi connectivity index (χ3n) is 3.60. The first kappa shape index (κ1) is 14.7. The van der Waals surface area contributed by atoms with E-state index in [9.17, 15) is 4.39 Å². The molecule has 2 rings (SSSR count). The van der Waals surface area contributed by atoms with E-state index >= 15 is 0 Å². The van der Waals surface area contributed by atoms with E-state index in [0.29, 0.717) is 17.8 Å². The zero-order chi connectivity index (χ0) is 14.5. The Morgan fingerprint density at radius 2 is 2.10 bits per heavy atom. The monoisotopic (exact) mass is 280 g/mol. The maximum atomic E-state index is 14.1. The third-order valence-corrected chi connectivity index (χ3v) is 3.60. The van der Waals surface area contributed by atoms with Crippen LogP contribution in [0.1, 0.15) is 12.0 Å². The number of nitrogens with two attached hydrogens (primary N) is 1. The molecule has 0 bridgehead atoms. The molecule has 0 radical (unpaired) electrons. The van der Waals surface area contributed by atoms with E-state index in [1.54, 1.807) is 12.1 Å². The molecule has 4 N–H and O–H groups in total. The van der Waals surface area contributed by atoms with Gasteiger partial charge >= 0.3 is 0 Å². The maximum absolute atomic E-state index is 14.1. The van der Waals surface area contributed by atoms with Gasteiger partial charge in [0.15, 0.2) is 0 Å². The van der Waals surface area contributed by atoms with Crippen LogP contribution in [0.25, 0.3) is 0 Å². The van der Waals surface area contributed by atoms with Crippen LogP contribution < -0.4 is 10.6 Å². The molecular formula is C14H21FN4O. The Morgan fingerprint density at radius 3 is 2.75 bits per heavy atom. The fourth-order valence-corrected chi connectivity index (χ4v) is 2.51. The van der Waals surface area contributed by atoms with Gasteiger partial charge in [-0.15, -0.1) is 0 Å². The van der Waals surface area contributed by atoms with Gasteiger partial charge in [-0.1, -0.05) is 0 Å². The van der Waals surface area contributed by atoms with Gasteiger partial charge < -0.3 is 15.7 Å². The second-order valence-electron chi connectivity index (χ2n) is 4.99. The smallest absolute Gasteiger partial charge is 0.147 e. The Balaban J connectivity index is 2.09. The number of aliphatic hydroxyl groups excluding tert-OH is 1. The Kier molecular flexibility index (Phi) is 4.92. The summed E-state index contributed by atoms with van der Waals surface area (Å²) in [6.07, 6.45) is 0.938. The molecule has 0 unspecified atom stereocenters. The van der Waals surface area contributed by atoms with E-state index in [-0.39, 0.29) is 18.3 Å². The van der Waals surface area contributed by atoms with E-state index in [1.165, 1.54) is 6.07 Å². The van der Waals surface area contributed by atoms with Crippen LogP contribution in [0.5, 0.6) is 0 Å². The van der Waals surface area contributed by atoms with E-state index < -0.39 is 0 Å². The predicted octanol–water partition coefficient (Wildman–Crippen LogP) is 0.614. The summed E-state index contributed by atoms with van der Waals surface area (Å²) in [5.74, 6) is -0.464. The molecule has 110 valence electrons. The van der Waals surface area contributed by atoms with Gasteiger partial charge in [0, 0.05) is 31.7 Å². The highest BCUT2D eigenvalue weighted by Crippen LogP contribution is 2.22. The number of β-amino-alcohol motifs (C(OH)–C–C–N with tert-alkyl or cyclic N) is 1. The third kappa shape index (κ3) is 3.46. The van der Waals surface area contributed by atoms with Crippen molar-refractivity contribution >= 4 is 11.5 Å². The molecule has 0 aromatic heterocycles. The van der Waals surface area contributed by atoms with Crippen molar-refractivity contribution in [3.63, 3.8) is 0 Å². The Hall–Kier alpha value is -1.66. The molecule has 6 heteroatoms. The summed E-state index contributed by atoms with van der Waals surface area (Å²) in [4.78, 5) is 4.19. The van der Waals surface area contributed by atoms with Gasteiger partial charge in [-0.2, -0.15) is 0 Å². The molecule has 1 aliphatic heterocycles. The van der Waals surface area contributed by atoms with Gasteiger partial charge in [0.2, 0.25) is 0 Å². The van der Waals surface area contributed by atoms with E-state index in [2.05, 4.69) is 4.90 Å². The fourth-order valence-electron chi connectivity index (χ4n) is 2.51. The van der Waals surface area contributed by atoms with Crippen molar-refractivity contribution in [3.8, 4) is 0 Å². The summed E-state index contributed by atoms with van der Waals surface area (Å²) >= 11 is 0. The molecule has 1 heterocycles. The normalized spacial score (nSPS) is 17.0. The van der Waals surface area contributed by atoms with Crippen LogP contribution in [0, 0.1) is 11.2 Å². The molecule has 1 fully saturated rings. The number of nitrogens with one attached hydrogen (secondary N) is 1. The average Bonchev–Trinajstić information content (AvgIpc) is 2.65. The number of amidine groups is 1. The van der Waals surface area contributed by atoms with Crippen LogP contribution in [0.4, 0.5) is 10.1 Å². The van der Waals surface area contributed by atoms with Crippen LogP contribution in [0.3, 0.4) is 0 Å². The first-order valence-electron chi connectivity index (χ1n) is 6.84. The van der Waals surface area contributed by atoms with Crippen LogP contribution >= 0.6 is 0 Å². The summed E-state index contributed by atoms with van der Waals surface area (Å²) in [7, 11) is 0. The highest BCUT2D eigenvalue weighted by Gasteiger charge is 2.17. The van der Waals surface area contributed by atoms with Crippen molar-refractivity contribution in [2.75, 3.05) is 44.2 Å². The Morgan fingerprint density at radius 1 is 1.30 bits per heavy atom. The molecule has 0 atom stereocenters. The maximum Gasteiger partial charge on any atom is 0.147 e. The molecule has 0 aliphatic carbocycles. The number of halogens is 1.